The molecule has 0 aliphatic rings. The molecule has 1 aromatic carbocycles. The molecule has 1 unspecified atom stereocenters. The van der Waals surface area contributed by atoms with Crippen molar-refractivity contribution in [2.75, 3.05) is 34.2 Å². The molecule has 0 bridgehead atoms. The first-order valence-corrected chi connectivity index (χ1v) is 9.51. The highest BCUT2D eigenvalue weighted by atomic mass is 127. The average Bonchev–Trinajstić information content (AvgIpc) is 2.92. The molecule has 1 heterocycles. The largest absolute Gasteiger partial charge is 0.356 e. The number of benzene rings is 1. The highest BCUT2D eigenvalue weighted by molar-refractivity contribution is 14.0. The van der Waals surface area contributed by atoms with E-state index < -0.39 is 0 Å². The van der Waals surface area contributed by atoms with E-state index in [1.807, 2.05) is 33.2 Å². The Hall–Kier alpha value is -1.26. The summed E-state index contributed by atoms with van der Waals surface area (Å²) in [7, 11) is 5.79. The Balaban J connectivity index is 0.00000364. The van der Waals surface area contributed by atoms with Gasteiger partial charge in [0.1, 0.15) is 5.82 Å². The number of hydrogen-bond acceptors (Lipinski definition) is 4. The van der Waals surface area contributed by atoms with Crippen molar-refractivity contribution in [3.63, 3.8) is 0 Å². The fourth-order valence-electron chi connectivity index (χ4n) is 2.63. The quantitative estimate of drug-likeness (QED) is 0.344. The van der Waals surface area contributed by atoms with Crippen LogP contribution in [0, 0.1) is 19.7 Å². The lowest BCUT2D eigenvalue weighted by Crippen LogP contribution is -2.42. The average molecular weight is 505 g/mol. The molecule has 27 heavy (non-hydrogen) atoms. The number of guanidine groups is 1. The van der Waals surface area contributed by atoms with Gasteiger partial charge in [-0.1, -0.05) is 12.1 Å². The molecule has 1 aromatic heterocycles. The van der Waals surface area contributed by atoms with Crippen LogP contribution in [0.15, 0.2) is 29.3 Å². The van der Waals surface area contributed by atoms with E-state index in [0.29, 0.717) is 6.54 Å². The molecule has 2 rings (SSSR count). The Kier molecular flexibility index (Phi) is 10.2. The number of nitrogens with zero attached hydrogens (tertiary/aromatic N) is 3. The van der Waals surface area contributed by atoms with Crippen LogP contribution in [0.5, 0.6) is 0 Å². The van der Waals surface area contributed by atoms with Crippen molar-refractivity contribution >= 4 is 41.3 Å². The van der Waals surface area contributed by atoms with Crippen LogP contribution in [0.25, 0.3) is 0 Å². The van der Waals surface area contributed by atoms with Crippen LogP contribution in [0.2, 0.25) is 0 Å². The third kappa shape index (κ3) is 7.34. The van der Waals surface area contributed by atoms with Crippen LogP contribution in [0.4, 0.5) is 4.39 Å². The maximum absolute atomic E-state index is 13.2. The first-order valence-electron chi connectivity index (χ1n) is 8.70. The molecule has 0 aliphatic heterocycles. The zero-order valence-corrected chi connectivity index (χ0v) is 19.7. The maximum atomic E-state index is 13.2. The summed E-state index contributed by atoms with van der Waals surface area (Å²) in [4.78, 5) is 12.2. The summed E-state index contributed by atoms with van der Waals surface area (Å²) in [5.41, 5.74) is 2.17. The predicted octanol–water partition coefficient (Wildman–Crippen LogP) is 3.53. The van der Waals surface area contributed by atoms with Crippen molar-refractivity contribution in [1.82, 2.24) is 20.5 Å². The monoisotopic (exact) mass is 505 g/mol. The number of rotatable bonds is 7. The normalized spacial score (nSPS) is 12.6. The van der Waals surface area contributed by atoms with Gasteiger partial charge in [-0.05, 0) is 45.6 Å². The van der Waals surface area contributed by atoms with E-state index in [0.717, 1.165) is 35.2 Å². The lowest BCUT2D eigenvalue weighted by atomic mass is 10.1. The molecule has 150 valence electrons. The van der Waals surface area contributed by atoms with Gasteiger partial charge in [0, 0.05) is 31.4 Å². The number of aromatic nitrogens is 1. The molecular weight excluding hydrogens is 476 g/mol. The van der Waals surface area contributed by atoms with E-state index in [1.54, 1.807) is 18.4 Å². The van der Waals surface area contributed by atoms with Crippen molar-refractivity contribution in [2.45, 2.75) is 26.3 Å². The van der Waals surface area contributed by atoms with E-state index in [2.05, 4.69) is 32.4 Å². The van der Waals surface area contributed by atoms with Crippen LogP contribution in [-0.2, 0) is 6.42 Å². The van der Waals surface area contributed by atoms with Crippen molar-refractivity contribution in [2.24, 2.45) is 4.99 Å². The van der Waals surface area contributed by atoms with Crippen LogP contribution >= 0.6 is 35.3 Å². The van der Waals surface area contributed by atoms with Crippen LogP contribution in [-0.4, -0.2) is 50.1 Å². The van der Waals surface area contributed by atoms with Gasteiger partial charge in [-0.2, -0.15) is 0 Å². The Bertz CT molecular complexity index is 711. The number of likely N-dealkylation sites (N-methyl/N-ethyl adjacent to an activating group) is 1. The van der Waals surface area contributed by atoms with Gasteiger partial charge >= 0.3 is 0 Å². The fourth-order valence-corrected chi connectivity index (χ4v) is 3.56. The Labute approximate surface area is 182 Å². The molecule has 0 amide bonds. The van der Waals surface area contributed by atoms with Gasteiger partial charge in [0.15, 0.2) is 5.96 Å². The second kappa shape index (κ2) is 11.6. The number of halogens is 2. The molecule has 8 heteroatoms. The molecular formula is C19H29FIN5S. The highest BCUT2D eigenvalue weighted by Gasteiger charge is 2.14. The second-order valence-corrected chi connectivity index (χ2v) is 7.70. The summed E-state index contributed by atoms with van der Waals surface area (Å²) >= 11 is 1.75. The summed E-state index contributed by atoms with van der Waals surface area (Å²) in [6, 6.07) is 6.77. The van der Waals surface area contributed by atoms with Crippen LogP contribution in [0.1, 0.15) is 27.2 Å². The van der Waals surface area contributed by atoms with Crippen molar-refractivity contribution in [3.8, 4) is 0 Å². The van der Waals surface area contributed by atoms with Gasteiger partial charge in [0.05, 0.1) is 16.7 Å². The minimum absolute atomic E-state index is 0. The van der Waals surface area contributed by atoms with Crippen molar-refractivity contribution < 1.29 is 4.39 Å². The summed E-state index contributed by atoms with van der Waals surface area (Å²) < 4.78 is 13.2. The SMILES string of the molecule is CN=C(NCCc1nc(C)c(C)s1)NCC(c1ccc(F)cc1)N(C)C.I. The topological polar surface area (TPSA) is 52.6 Å². The fraction of sp³-hybridized carbons (Fsp3) is 0.474. The molecule has 0 saturated carbocycles. The standard InChI is InChI=1S/C19H28FN5S.HI/c1-13-14(2)26-18(24-13)10-11-22-19(21-3)23-12-17(25(4)5)15-6-8-16(20)9-7-15;/h6-9,17H,10-12H2,1-5H3,(H2,21,22,23);1H. The first-order chi connectivity index (χ1) is 12.4. The molecule has 2 aromatic rings. The first kappa shape index (κ1) is 23.8. The Morgan fingerprint density at radius 2 is 1.89 bits per heavy atom. The molecule has 0 fully saturated rings. The zero-order valence-electron chi connectivity index (χ0n) is 16.5. The zero-order chi connectivity index (χ0) is 19.1. The minimum Gasteiger partial charge on any atom is -0.356 e. The third-order valence-corrected chi connectivity index (χ3v) is 5.40. The lowest BCUT2D eigenvalue weighted by Gasteiger charge is -2.26. The number of aliphatic imine (C=N–C) groups is 1. The summed E-state index contributed by atoms with van der Waals surface area (Å²) in [5, 5.41) is 7.82. The van der Waals surface area contributed by atoms with Gasteiger partial charge < -0.3 is 15.5 Å². The molecule has 0 spiro atoms. The van der Waals surface area contributed by atoms with Gasteiger partial charge in [0.2, 0.25) is 0 Å². The number of nitrogens with one attached hydrogen (secondary N) is 2. The molecule has 0 aliphatic carbocycles. The molecule has 1 atom stereocenters. The Morgan fingerprint density at radius 1 is 1.22 bits per heavy atom. The number of hydrogen-bond donors (Lipinski definition) is 2. The highest BCUT2D eigenvalue weighted by Crippen LogP contribution is 2.18. The summed E-state index contributed by atoms with van der Waals surface area (Å²) in [5.74, 6) is 0.535. The predicted molar refractivity (Wildman–Crippen MR) is 123 cm³/mol. The molecule has 2 N–H and O–H groups in total. The smallest absolute Gasteiger partial charge is 0.191 e. The van der Waals surface area contributed by atoms with E-state index >= 15 is 0 Å². The van der Waals surface area contributed by atoms with Crippen LogP contribution < -0.4 is 10.6 Å². The van der Waals surface area contributed by atoms with E-state index in [1.165, 1.54) is 17.0 Å². The van der Waals surface area contributed by atoms with Crippen molar-refractivity contribution in [1.29, 1.82) is 0 Å². The van der Waals surface area contributed by atoms with E-state index in [9.17, 15) is 4.39 Å². The minimum atomic E-state index is -0.218. The van der Waals surface area contributed by atoms with Crippen molar-refractivity contribution in [3.05, 3.63) is 51.2 Å². The molecule has 0 saturated heterocycles. The molecule has 5 nitrogen and oxygen atoms in total. The van der Waals surface area contributed by atoms with Gasteiger partial charge in [-0.15, -0.1) is 35.3 Å². The number of aryl methyl sites for hydroxylation is 2. The Morgan fingerprint density at radius 3 is 2.41 bits per heavy atom. The van der Waals surface area contributed by atoms with E-state index in [4.69, 9.17) is 0 Å². The van der Waals surface area contributed by atoms with E-state index in [-0.39, 0.29) is 35.8 Å². The number of thiazole rings is 1. The maximum Gasteiger partial charge on any atom is 0.191 e. The summed E-state index contributed by atoms with van der Waals surface area (Å²) in [6.45, 7) is 5.59. The third-order valence-electron chi connectivity index (χ3n) is 4.27. The van der Waals surface area contributed by atoms with Gasteiger partial charge in [-0.3, -0.25) is 4.99 Å². The van der Waals surface area contributed by atoms with Gasteiger partial charge in [-0.25, -0.2) is 9.37 Å². The van der Waals surface area contributed by atoms with Crippen LogP contribution in [0.3, 0.4) is 0 Å². The summed E-state index contributed by atoms with van der Waals surface area (Å²) in [6.07, 6.45) is 0.870. The lowest BCUT2D eigenvalue weighted by molar-refractivity contribution is 0.298. The second-order valence-electron chi connectivity index (χ2n) is 6.41. The van der Waals surface area contributed by atoms with Gasteiger partial charge in [0.25, 0.3) is 0 Å². The molecule has 0 radical (unpaired) electrons.